The molecule has 3 aromatic heterocycles. The van der Waals surface area contributed by atoms with Gasteiger partial charge in [-0.25, -0.2) is 13.4 Å². The molecule has 3 aromatic rings. The lowest BCUT2D eigenvalue weighted by atomic mass is 10.2. The minimum Gasteiger partial charge on any atom is -0.472 e. The van der Waals surface area contributed by atoms with Gasteiger partial charge in [0.15, 0.2) is 9.84 Å². The first-order valence-corrected chi connectivity index (χ1v) is 9.58. The quantitative estimate of drug-likeness (QED) is 0.710. The molecule has 3 rings (SSSR count). The SMILES string of the molecule is CS(=O)(=O)c1ccc(-c2cccc(OCc3cccs3)n2)nc1. The highest BCUT2D eigenvalue weighted by molar-refractivity contribution is 7.90. The van der Waals surface area contributed by atoms with Crippen LogP contribution in [0.25, 0.3) is 11.4 Å². The summed E-state index contributed by atoms with van der Waals surface area (Å²) in [6.07, 6.45) is 2.49. The van der Waals surface area contributed by atoms with Gasteiger partial charge in [-0.1, -0.05) is 12.1 Å². The van der Waals surface area contributed by atoms with E-state index in [9.17, 15) is 8.42 Å². The van der Waals surface area contributed by atoms with Gasteiger partial charge in [0.05, 0.1) is 16.3 Å². The number of pyridine rings is 2. The summed E-state index contributed by atoms with van der Waals surface area (Å²) >= 11 is 1.62. The van der Waals surface area contributed by atoms with Gasteiger partial charge >= 0.3 is 0 Å². The van der Waals surface area contributed by atoms with Crippen molar-refractivity contribution in [3.8, 4) is 17.3 Å². The third-order valence-electron chi connectivity index (χ3n) is 3.09. The lowest BCUT2D eigenvalue weighted by molar-refractivity contribution is 0.297. The van der Waals surface area contributed by atoms with E-state index in [-0.39, 0.29) is 4.90 Å². The predicted octanol–water partition coefficient (Wildman–Crippen LogP) is 3.19. The maximum Gasteiger partial charge on any atom is 0.214 e. The van der Waals surface area contributed by atoms with E-state index >= 15 is 0 Å². The van der Waals surface area contributed by atoms with Crippen LogP contribution in [0.3, 0.4) is 0 Å². The Kier molecular flexibility index (Phi) is 4.40. The summed E-state index contributed by atoms with van der Waals surface area (Å²) in [5.41, 5.74) is 1.23. The van der Waals surface area contributed by atoms with Gasteiger partial charge in [-0.2, -0.15) is 0 Å². The number of nitrogens with zero attached hydrogens (tertiary/aromatic N) is 2. The Hall–Kier alpha value is -2.25. The Morgan fingerprint density at radius 1 is 1.09 bits per heavy atom. The van der Waals surface area contributed by atoms with E-state index in [1.54, 1.807) is 29.5 Å². The molecule has 0 bridgehead atoms. The lowest BCUT2D eigenvalue weighted by Gasteiger charge is -2.06. The van der Waals surface area contributed by atoms with Gasteiger partial charge in [0.2, 0.25) is 5.88 Å². The van der Waals surface area contributed by atoms with Crippen molar-refractivity contribution in [3.05, 3.63) is 58.9 Å². The normalized spacial score (nSPS) is 11.3. The molecule has 0 radical (unpaired) electrons. The highest BCUT2D eigenvalue weighted by Gasteiger charge is 2.09. The molecule has 0 amide bonds. The monoisotopic (exact) mass is 346 g/mol. The van der Waals surface area contributed by atoms with Crippen molar-refractivity contribution in [1.82, 2.24) is 9.97 Å². The van der Waals surface area contributed by atoms with Crippen LogP contribution >= 0.6 is 11.3 Å². The number of thiophene rings is 1. The van der Waals surface area contributed by atoms with Crippen LogP contribution in [-0.2, 0) is 16.4 Å². The average Bonchev–Trinajstić information content (AvgIpc) is 3.06. The first kappa shape index (κ1) is 15.6. The van der Waals surface area contributed by atoms with Gasteiger partial charge in [-0.3, -0.25) is 4.98 Å². The minimum atomic E-state index is -3.25. The zero-order chi connectivity index (χ0) is 16.3. The third kappa shape index (κ3) is 3.94. The lowest BCUT2D eigenvalue weighted by Crippen LogP contribution is -1.99. The summed E-state index contributed by atoms with van der Waals surface area (Å²) in [6.45, 7) is 0.467. The minimum absolute atomic E-state index is 0.186. The molecule has 23 heavy (non-hydrogen) atoms. The van der Waals surface area contributed by atoms with Crippen LogP contribution in [0.15, 0.2) is 58.9 Å². The van der Waals surface area contributed by atoms with E-state index in [2.05, 4.69) is 9.97 Å². The molecule has 0 aliphatic carbocycles. The molecule has 3 heterocycles. The summed E-state index contributed by atoms with van der Waals surface area (Å²) in [5.74, 6) is 0.505. The van der Waals surface area contributed by atoms with Gasteiger partial charge in [0.25, 0.3) is 0 Å². The molecular weight excluding hydrogens is 332 g/mol. The summed E-state index contributed by atoms with van der Waals surface area (Å²) < 4.78 is 28.6. The van der Waals surface area contributed by atoms with Crippen LogP contribution in [0.1, 0.15) is 4.88 Å². The molecule has 0 N–H and O–H groups in total. The number of ether oxygens (including phenoxy) is 1. The molecule has 0 unspecified atom stereocenters. The number of hydrogen-bond donors (Lipinski definition) is 0. The van der Waals surface area contributed by atoms with Crippen LogP contribution in [0.4, 0.5) is 0 Å². The first-order chi connectivity index (χ1) is 11.0. The molecule has 0 atom stereocenters. The second-order valence-electron chi connectivity index (χ2n) is 4.88. The maximum atomic E-state index is 11.5. The fourth-order valence-corrected chi connectivity index (χ4v) is 3.10. The molecule has 0 aromatic carbocycles. The zero-order valence-corrected chi connectivity index (χ0v) is 14.0. The second-order valence-corrected chi connectivity index (χ2v) is 7.93. The van der Waals surface area contributed by atoms with Gasteiger partial charge < -0.3 is 4.74 Å². The fraction of sp³-hybridized carbons (Fsp3) is 0.125. The summed E-state index contributed by atoms with van der Waals surface area (Å²) in [4.78, 5) is 9.88. The molecule has 118 valence electrons. The van der Waals surface area contributed by atoms with Crippen LogP contribution in [-0.4, -0.2) is 24.6 Å². The molecule has 0 saturated heterocycles. The van der Waals surface area contributed by atoms with Crippen molar-refractivity contribution in [1.29, 1.82) is 0 Å². The maximum absolute atomic E-state index is 11.5. The molecule has 0 aliphatic rings. The molecule has 0 aliphatic heterocycles. The third-order valence-corrected chi connectivity index (χ3v) is 5.04. The van der Waals surface area contributed by atoms with Gasteiger partial charge in [-0.15, -0.1) is 11.3 Å². The van der Waals surface area contributed by atoms with Crippen molar-refractivity contribution in [2.45, 2.75) is 11.5 Å². The van der Waals surface area contributed by atoms with Crippen molar-refractivity contribution in [2.75, 3.05) is 6.26 Å². The number of aromatic nitrogens is 2. The molecule has 0 spiro atoms. The van der Waals surface area contributed by atoms with E-state index in [1.165, 1.54) is 12.3 Å². The topological polar surface area (TPSA) is 69.2 Å². The Morgan fingerprint density at radius 3 is 2.61 bits per heavy atom. The first-order valence-electron chi connectivity index (χ1n) is 6.81. The molecule has 0 fully saturated rings. The Morgan fingerprint density at radius 2 is 1.96 bits per heavy atom. The summed E-state index contributed by atoms with van der Waals surface area (Å²) in [7, 11) is -3.25. The number of sulfone groups is 1. The molecule has 7 heteroatoms. The van der Waals surface area contributed by atoms with Crippen LogP contribution in [0.5, 0.6) is 5.88 Å². The fourth-order valence-electron chi connectivity index (χ4n) is 1.93. The average molecular weight is 346 g/mol. The smallest absolute Gasteiger partial charge is 0.214 e. The van der Waals surface area contributed by atoms with Crippen LogP contribution < -0.4 is 4.74 Å². The van der Waals surface area contributed by atoms with E-state index in [0.29, 0.717) is 23.9 Å². The van der Waals surface area contributed by atoms with E-state index in [4.69, 9.17) is 4.74 Å². The van der Waals surface area contributed by atoms with E-state index in [1.807, 2.05) is 23.6 Å². The van der Waals surface area contributed by atoms with Gasteiger partial charge in [0, 0.05) is 23.4 Å². The van der Waals surface area contributed by atoms with Gasteiger partial charge in [0.1, 0.15) is 6.61 Å². The van der Waals surface area contributed by atoms with Crippen molar-refractivity contribution >= 4 is 21.2 Å². The van der Waals surface area contributed by atoms with Crippen molar-refractivity contribution < 1.29 is 13.2 Å². The van der Waals surface area contributed by atoms with E-state index < -0.39 is 9.84 Å². The van der Waals surface area contributed by atoms with Crippen molar-refractivity contribution in [2.24, 2.45) is 0 Å². The largest absolute Gasteiger partial charge is 0.472 e. The Labute approximate surface area is 138 Å². The highest BCUT2D eigenvalue weighted by Crippen LogP contribution is 2.20. The molecular formula is C16H14N2O3S2. The van der Waals surface area contributed by atoms with Crippen LogP contribution in [0.2, 0.25) is 0 Å². The number of rotatable bonds is 5. The molecule has 5 nitrogen and oxygen atoms in total. The Balaban J connectivity index is 1.79. The highest BCUT2D eigenvalue weighted by atomic mass is 32.2. The van der Waals surface area contributed by atoms with Crippen LogP contribution in [0, 0.1) is 0 Å². The van der Waals surface area contributed by atoms with Crippen molar-refractivity contribution in [3.63, 3.8) is 0 Å². The van der Waals surface area contributed by atoms with E-state index in [0.717, 1.165) is 11.1 Å². The Bertz CT molecular complexity index is 889. The summed E-state index contributed by atoms with van der Waals surface area (Å²) in [5, 5.41) is 2.00. The second kappa shape index (κ2) is 6.47. The summed E-state index contributed by atoms with van der Waals surface area (Å²) in [6, 6.07) is 12.6. The predicted molar refractivity (Wildman–Crippen MR) is 89.2 cm³/mol. The number of hydrogen-bond acceptors (Lipinski definition) is 6. The zero-order valence-electron chi connectivity index (χ0n) is 12.3. The standard InChI is InChI=1S/C16H14N2O3S2/c1-23(19,20)13-7-8-14(17-10-13)15-5-2-6-16(18-15)21-11-12-4-3-9-22-12/h2-10H,11H2,1H3. The molecule has 0 saturated carbocycles. The van der Waals surface area contributed by atoms with Gasteiger partial charge in [-0.05, 0) is 29.6 Å².